The number of aromatic nitrogens is 2. The number of hydrogen-bond donors (Lipinski definition) is 4. The average molecular weight is 529 g/mol. The van der Waals surface area contributed by atoms with Crippen LogP contribution in [0.4, 0.5) is 14.5 Å². The van der Waals surface area contributed by atoms with Crippen molar-refractivity contribution in [3.05, 3.63) is 65.9 Å². The van der Waals surface area contributed by atoms with E-state index in [1.807, 2.05) is 0 Å². The van der Waals surface area contributed by atoms with Crippen molar-refractivity contribution in [3.8, 4) is 5.88 Å². The van der Waals surface area contributed by atoms with E-state index < -0.39 is 36.6 Å². The number of fused-ring (bicyclic) bond motifs is 1. The van der Waals surface area contributed by atoms with Gasteiger partial charge in [0.1, 0.15) is 23.3 Å². The third kappa shape index (κ3) is 6.87. The number of benzene rings is 1. The maximum atomic E-state index is 13.8. The van der Waals surface area contributed by atoms with Crippen LogP contribution in [0.5, 0.6) is 5.88 Å². The number of carbonyl (C=O) groups is 1. The van der Waals surface area contributed by atoms with Crippen molar-refractivity contribution in [1.29, 1.82) is 0 Å². The van der Waals surface area contributed by atoms with Crippen molar-refractivity contribution in [1.82, 2.24) is 15.3 Å². The van der Waals surface area contributed by atoms with Gasteiger partial charge in [-0.05, 0) is 43.2 Å². The fourth-order valence-corrected chi connectivity index (χ4v) is 4.36. The van der Waals surface area contributed by atoms with E-state index >= 15 is 0 Å². The molecule has 202 valence electrons. The summed E-state index contributed by atoms with van der Waals surface area (Å²) in [7, 11) is 1.50. The van der Waals surface area contributed by atoms with Crippen LogP contribution < -0.4 is 15.4 Å². The molecule has 0 radical (unpaired) electrons. The van der Waals surface area contributed by atoms with Crippen LogP contribution in [0.25, 0.3) is 17.1 Å². The molecular formula is C27H30F2N4O5. The Morgan fingerprint density at radius 2 is 2.11 bits per heavy atom. The number of amides is 1. The van der Waals surface area contributed by atoms with Gasteiger partial charge < -0.3 is 30.3 Å². The zero-order chi connectivity index (χ0) is 27.1. The molecule has 1 amide bonds. The van der Waals surface area contributed by atoms with Crippen molar-refractivity contribution >= 4 is 28.7 Å². The van der Waals surface area contributed by atoms with Gasteiger partial charge in [-0.3, -0.25) is 9.78 Å². The highest BCUT2D eigenvalue weighted by atomic mass is 19.1. The number of anilines is 1. The number of hydrogen-bond acceptors (Lipinski definition) is 8. The number of ether oxygens (including phenoxy) is 2. The molecule has 9 nitrogen and oxygen atoms in total. The Bertz CT molecular complexity index is 1290. The molecule has 4 N–H and O–H groups in total. The Balaban J connectivity index is 1.41. The van der Waals surface area contributed by atoms with Gasteiger partial charge in [0.2, 0.25) is 5.88 Å². The summed E-state index contributed by atoms with van der Waals surface area (Å²) in [6, 6.07) is 8.05. The first kappa shape index (κ1) is 27.5. The van der Waals surface area contributed by atoms with Gasteiger partial charge in [-0.2, -0.15) is 0 Å². The van der Waals surface area contributed by atoms with Crippen LogP contribution in [-0.4, -0.2) is 70.7 Å². The third-order valence-electron chi connectivity index (χ3n) is 6.31. The number of aliphatic hydroxyl groups is 2. The van der Waals surface area contributed by atoms with Crippen LogP contribution in [0.1, 0.15) is 24.8 Å². The van der Waals surface area contributed by atoms with Gasteiger partial charge in [0.25, 0.3) is 5.91 Å². The molecule has 1 saturated heterocycles. The molecule has 1 aliphatic rings. The van der Waals surface area contributed by atoms with E-state index in [1.54, 1.807) is 30.5 Å². The standard InChI is InChI=1S/C27H30F2N4O5/c1-37-25-9-7-21-26(33-25)22(10-12-31-21)32-27(36)23-8-6-20(24(38-23)14-18(35)15-34)30-11-2-3-16-13-17(28)4-5-19(16)29/h2-5,7,9-10,12-13,18,20,23-24,30,34-35H,6,8,11,14-15H2,1H3,(H,31,32,36)/t18?,20-,23+,24-/m1/s1. The van der Waals surface area contributed by atoms with Gasteiger partial charge >= 0.3 is 0 Å². The Morgan fingerprint density at radius 3 is 2.89 bits per heavy atom. The zero-order valence-electron chi connectivity index (χ0n) is 20.8. The molecule has 1 aromatic carbocycles. The second kappa shape index (κ2) is 12.8. The molecule has 1 fully saturated rings. The molecule has 4 atom stereocenters. The van der Waals surface area contributed by atoms with Crippen molar-refractivity contribution in [2.24, 2.45) is 0 Å². The molecule has 3 heterocycles. The monoisotopic (exact) mass is 528 g/mol. The Morgan fingerprint density at radius 1 is 1.26 bits per heavy atom. The summed E-state index contributed by atoms with van der Waals surface area (Å²) >= 11 is 0. The third-order valence-corrected chi connectivity index (χ3v) is 6.31. The van der Waals surface area contributed by atoms with Gasteiger partial charge in [0, 0.05) is 36.8 Å². The van der Waals surface area contributed by atoms with Crippen LogP contribution in [-0.2, 0) is 9.53 Å². The maximum absolute atomic E-state index is 13.8. The first-order chi connectivity index (χ1) is 18.4. The molecule has 0 saturated carbocycles. The number of rotatable bonds is 10. The van der Waals surface area contributed by atoms with Crippen molar-refractivity contribution in [2.45, 2.75) is 43.6 Å². The lowest BCUT2D eigenvalue weighted by Gasteiger charge is -2.37. The second-order valence-electron chi connectivity index (χ2n) is 8.96. The van der Waals surface area contributed by atoms with E-state index in [0.29, 0.717) is 42.0 Å². The number of nitrogens with one attached hydrogen (secondary N) is 2. The SMILES string of the molecule is COc1ccc2nccc(NC(=O)[C@@H]3CC[C@@H](NCC=Cc4cc(F)ccc4F)[C@@H](CC(O)CO)O3)c2n1. The number of pyridine rings is 2. The minimum absolute atomic E-state index is 0.108. The van der Waals surface area contributed by atoms with Gasteiger partial charge in [-0.1, -0.05) is 12.2 Å². The van der Waals surface area contributed by atoms with E-state index in [1.165, 1.54) is 13.2 Å². The average Bonchev–Trinajstić information content (AvgIpc) is 2.93. The lowest BCUT2D eigenvalue weighted by molar-refractivity contribution is -0.141. The van der Waals surface area contributed by atoms with E-state index in [-0.39, 0.29) is 23.9 Å². The predicted molar refractivity (Wildman–Crippen MR) is 138 cm³/mol. The van der Waals surface area contributed by atoms with Crippen LogP contribution >= 0.6 is 0 Å². The molecule has 11 heteroatoms. The zero-order valence-corrected chi connectivity index (χ0v) is 20.8. The normalized spacial score (nSPS) is 20.5. The summed E-state index contributed by atoms with van der Waals surface area (Å²) in [5.41, 5.74) is 1.66. The predicted octanol–water partition coefficient (Wildman–Crippen LogP) is 2.82. The molecule has 4 rings (SSSR count). The molecule has 0 spiro atoms. The lowest BCUT2D eigenvalue weighted by Crippen LogP contribution is -2.51. The highest BCUT2D eigenvalue weighted by Crippen LogP contribution is 2.26. The summed E-state index contributed by atoms with van der Waals surface area (Å²) in [6.07, 6.45) is 3.36. The van der Waals surface area contributed by atoms with Crippen molar-refractivity contribution in [2.75, 3.05) is 25.6 Å². The first-order valence-corrected chi connectivity index (χ1v) is 12.3. The number of aliphatic hydroxyl groups excluding tert-OH is 2. The van der Waals surface area contributed by atoms with Crippen LogP contribution in [0.2, 0.25) is 0 Å². The number of methoxy groups -OCH3 is 1. The lowest BCUT2D eigenvalue weighted by atomic mass is 9.94. The number of carbonyl (C=O) groups excluding carboxylic acids is 1. The summed E-state index contributed by atoms with van der Waals surface area (Å²) < 4.78 is 38.5. The van der Waals surface area contributed by atoms with Gasteiger partial charge in [0.15, 0.2) is 0 Å². The smallest absolute Gasteiger partial charge is 0.253 e. The summed E-state index contributed by atoms with van der Waals surface area (Å²) in [4.78, 5) is 21.8. The maximum Gasteiger partial charge on any atom is 0.253 e. The largest absolute Gasteiger partial charge is 0.481 e. The summed E-state index contributed by atoms with van der Waals surface area (Å²) in [5.74, 6) is -1.05. The number of nitrogens with zero attached hydrogens (tertiary/aromatic N) is 2. The van der Waals surface area contributed by atoms with Crippen LogP contribution in [0.3, 0.4) is 0 Å². The molecule has 1 unspecified atom stereocenters. The van der Waals surface area contributed by atoms with E-state index in [0.717, 1.165) is 18.2 Å². The summed E-state index contributed by atoms with van der Waals surface area (Å²) in [5, 5.41) is 25.5. The first-order valence-electron chi connectivity index (χ1n) is 12.3. The minimum atomic E-state index is -1.02. The van der Waals surface area contributed by atoms with Crippen LogP contribution in [0, 0.1) is 11.6 Å². The van der Waals surface area contributed by atoms with Gasteiger partial charge in [-0.25, -0.2) is 13.8 Å². The molecule has 0 bridgehead atoms. The van der Waals surface area contributed by atoms with Gasteiger partial charge in [-0.15, -0.1) is 0 Å². The topological polar surface area (TPSA) is 126 Å². The van der Waals surface area contributed by atoms with Crippen LogP contribution in [0.15, 0.2) is 48.7 Å². The molecule has 1 aliphatic heterocycles. The highest BCUT2D eigenvalue weighted by Gasteiger charge is 2.35. The molecule has 3 aromatic rings. The van der Waals surface area contributed by atoms with Crippen molar-refractivity contribution < 1.29 is 33.3 Å². The van der Waals surface area contributed by atoms with E-state index in [4.69, 9.17) is 9.47 Å². The highest BCUT2D eigenvalue weighted by molar-refractivity contribution is 6.01. The number of halogens is 2. The quantitative estimate of drug-likeness (QED) is 0.317. The Kier molecular flexibility index (Phi) is 9.29. The minimum Gasteiger partial charge on any atom is -0.481 e. The molecular weight excluding hydrogens is 498 g/mol. The Hall–Kier alpha value is -3.51. The fourth-order valence-electron chi connectivity index (χ4n) is 4.36. The van der Waals surface area contributed by atoms with E-state index in [2.05, 4.69) is 20.6 Å². The van der Waals surface area contributed by atoms with Crippen molar-refractivity contribution in [3.63, 3.8) is 0 Å². The molecule has 0 aliphatic carbocycles. The second-order valence-corrected chi connectivity index (χ2v) is 8.96. The van der Waals surface area contributed by atoms with E-state index in [9.17, 15) is 23.8 Å². The Labute approximate surface area is 218 Å². The summed E-state index contributed by atoms with van der Waals surface area (Å²) in [6.45, 7) is -0.123. The molecule has 2 aromatic heterocycles. The fraction of sp³-hybridized carbons (Fsp3) is 0.370. The molecule has 38 heavy (non-hydrogen) atoms. The van der Waals surface area contributed by atoms with Gasteiger partial charge in [0.05, 0.1) is 37.1 Å².